The van der Waals surface area contributed by atoms with E-state index < -0.39 is 0 Å². The Kier molecular flexibility index (Phi) is 4.50. The molecule has 4 nitrogen and oxygen atoms in total. The maximum Gasteiger partial charge on any atom is 0.223 e. The molecule has 0 amide bonds. The van der Waals surface area contributed by atoms with Gasteiger partial charge < -0.3 is 5.73 Å². The molecule has 6 heteroatoms. The normalized spacial score (nSPS) is 11.6. The van der Waals surface area contributed by atoms with Crippen molar-refractivity contribution in [1.29, 1.82) is 0 Å². The van der Waals surface area contributed by atoms with E-state index in [1.54, 1.807) is 11.8 Å². The summed E-state index contributed by atoms with van der Waals surface area (Å²) >= 11 is 7.71. The number of halogens is 1. The molecule has 106 valence electrons. The SMILES string of the molecule is CC(C)(C)c1nc(N)nc(CSc2ccccc2Cl)n1. The zero-order valence-corrected chi connectivity index (χ0v) is 13.3. The minimum absolute atomic E-state index is 0.152. The van der Waals surface area contributed by atoms with Gasteiger partial charge in [-0.3, -0.25) is 0 Å². The highest BCUT2D eigenvalue weighted by Gasteiger charge is 2.19. The molecular weight excluding hydrogens is 292 g/mol. The van der Waals surface area contributed by atoms with Gasteiger partial charge in [0.15, 0.2) is 0 Å². The number of thioether (sulfide) groups is 1. The van der Waals surface area contributed by atoms with Gasteiger partial charge in [-0.2, -0.15) is 9.97 Å². The van der Waals surface area contributed by atoms with Gasteiger partial charge in [-0.05, 0) is 12.1 Å². The number of anilines is 1. The van der Waals surface area contributed by atoms with E-state index in [-0.39, 0.29) is 11.4 Å². The Hall–Kier alpha value is -1.33. The van der Waals surface area contributed by atoms with Crippen molar-refractivity contribution < 1.29 is 0 Å². The van der Waals surface area contributed by atoms with Crippen LogP contribution < -0.4 is 5.73 Å². The van der Waals surface area contributed by atoms with E-state index in [2.05, 4.69) is 15.0 Å². The smallest absolute Gasteiger partial charge is 0.223 e. The first kappa shape index (κ1) is 15.1. The van der Waals surface area contributed by atoms with E-state index in [9.17, 15) is 0 Å². The van der Waals surface area contributed by atoms with Crippen molar-refractivity contribution >= 4 is 29.3 Å². The van der Waals surface area contributed by atoms with Crippen molar-refractivity contribution in [3.8, 4) is 0 Å². The highest BCUT2D eigenvalue weighted by atomic mass is 35.5. The van der Waals surface area contributed by atoms with Crippen LogP contribution in [0.25, 0.3) is 0 Å². The Bertz CT molecular complexity index is 610. The van der Waals surface area contributed by atoms with Crippen LogP contribution in [0.3, 0.4) is 0 Å². The van der Waals surface area contributed by atoms with Gasteiger partial charge in [0.2, 0.25) is 5.95 Å². The first-order chi connectivity index (χ1) is 9.36. The van der Waals surface area contributed by atoms with Crippen molar-refractivity contribution in [2.24, 2.45) is 0 Å². The Morgan fingerprint density at radius 3 is 2.50 bits per heavy atom. The molecule has 1 aromatic heterocycles. The van der Waals surface area contributed by atoms with Gasteiger partial charge in [0.25, 0.3) is 0 Å². The van der Waals surface area contributed by atoms with E-state index in [1.807, 2.05) is 45.0 Å². The fraction of sp³-hybridized carbons (Fsp3) is 0.357. The number of rotatable bonds is 3. The summed E-state index contributed by atoms with van der Waals surface area (Å²) in [6.45, 7) is 6.15. The summed E-state index contributed by atoms with van der Waals surface area (Å²) < 4.78 is 0. The Labute approximate surface area is 128 Å². The molecule has 0 bridgehead atoms. The van der Waals surface area contributed by atoms with Gasteiger partial charge in [0, 0.05) is 10.3 Å². The highest BCUT2D eigenvalue weighted by molar-refractivity contribution is 7.98. The van der Waals surface area contributed by atoms with Gasteiger partial charge in [-0.25, -0.2) is 4.98 Å². The first-order valence-corrected chi connectivity index (χ1v) is 7.61. The predicted octanol–water partition coefficient (Wildman–Crippen LogP) is 3.70. The highest BCUT2D eigenvalue weighted by Crippen LogP contribution is 2.29. The van der Waals surface area contributed by atoms with Crippen LogP contribution in [0.1, 0.15) is 32.4 Å². The lowest BCUT2D eigenvalue weighted by atomic mass is 9.96. The first-order valence-electron chi connectivity index (χ1n) is 6.24. The fourth-order valence-electron chi connectivity index (χ4n) is 1.54. The molecule has 0 saturated carbocycles. The number of benzene rings is 1. The second-order valence-corrected chi connectivity index (χ2v) is 6.83. The van der Waals surface area contributed by atoms with Gasteiger partial charge >= 0.3 is 0 Å². The summed E-state index contributed by atoms with van der Waals surface area (Å²) in [4.78, 5) is 13.9. The number of nitrogens with zero attached hydrogens (tertiary/aromatic N) is 3. The molecule has 0 saturated heterocycles. The van der Waals surface area contributed by atoms with E-state index in [4.69, 9.17) is 17.3 Å². The average Bonchev–Trinajstić information content (AvgIpc) is 2.36. The molecule has 0 atom stereocenters. The summed E-state index contributed by atoms with van der Waals surface area (Å²) in [5.41, 5.74) is 5.61. The number of hydrogen-bond acceptors (Lipinski definition) is 5. The lowest BCUT2D eigenvalue weighted by molar-refractivity contribution is 0.539. The van der Waals surface area contributed by atoms with Crippen LogP contribution in [0.4, 0.5) is 5.95 Å². The third-order valence-corrected chi connectivity index (χ3v) is 4.07. The van der Waals surface area contributed by atoms with Crippen molar-refractivity contribution in [3.63, 3.8) is 0 Å². The van der Waals surface area contributed by atoms with Gasteiger partial charge in [0.1, 0.15) is 11.6 Å². The van der Waals surface area contributed by atoms with Crippen molar-refractivity contribution in [1.82, 2.24) is 15.0 Å². The van der Waals surface area contributed by atoms with Crippen LogP contribution in [-0.4, -0.2) is 15.0 Å². The lowest BCUT2D eigenvalue weighted by Gasteiger charge is -2.17. The summed E-state index contributed by atoms with van der Waals surface area (Å²) in [7, 11) is 0. The van der Waals surface area contributed by atoms with Crippen molar-refractivity contribution in [3.05, 3.63) is 40.9 Å². The Morgan fingerprint density at radius 2 is 1.85 bits per heavy atom. The molecular formula is C14H17ClN4S. The maximum absolute atomic E-state index is 6.13. The molecule has 0 radical (unpaired) electrons. The molecule has 0 spiro atoms. The van der Waals surface area contributed by atoms with Gasteiger partial charge in [0.05, 0.1) is 10.8 Å². The standard InChI is InChI=1S/C14H17ClN4S/c1-14(2,3)12-17-11(18-13(16)19-12)8-20-10-7-5-4-6-9(10)15/h4-7H,8H2,1-3H3,(H2,16,17,18,19). The molecule has 20 heavy (non-hydrogen) atoms. The average molecular weight is 309 g/mol. The van der Waals surface area contributed by atoms with Crippen LogP contribution in [-0.2, 0) is 11.2 Å². The minimum Gasteiger partial charge on any atom is -0.368 e. The monoisotopic (exact) mass is 308 g/mol. The van der Waals surface area contributed by atoms with E-state index in [0.717, 1.165) is 9.92 Å². The summed E-state index contributed by atoms with van der Waals surface area (Å²) in [6, 6.07) is 7.70. The molecule has 0 aliphatic carbocycles. The molecule has 2 rings (SSSR count). The maximum atomic E-state index is 6.13. The zero-order valence-electron chi connectivity index (χ0n) is 11.7. The molecule has 2 aromatic rings. The summed E-state index contributed by atoms with van der Waals surface area (Å²) in [5.74, 6) is 2.26. The summed E-state index contributed by atoms with van der Waals surface area (Å²) in [5, 5.41) is 0.732. The molecule has 0 aliphatic rings. The fourth-order valence-corrected chi connectivity index (χ4v) is 2.64. The topological polar surface area (TPSA) is 64.7 Å². The molecule has 1 heterocycles. The number of nitrogen functional groups attached to an aromatic ring is 1. The quantitative estimate of drug-likeness (QED) is 0.876. The molecule has 0 unspecified atom stereocenters. The molecule has 1 aromatic carbocycles. The zero-order chi connectivity index (χ0) is 14.8. The van der Waals surface area contributed by atoms with Crippen LogP contribution in [0, 0.1) is 0 Å². The minimum atomic E-state index is -0.152. The number of aromatic nitrogens is 3. The van der Waals surface area contributed by atoms with E-state index >= 15 is 0 Å². The van der Waals surface area contributed by atoms with Crippen molar-refractivity contribution in [2.45, 2.75) is 36.8 Å². The van der Waals surface area contributed by atoms with Crippen molar-refractivity contribution in [2.75, 3.05) is 5.73 Å². The number of hydrogen-bond donors (Lipinski definition) is 1. The second kappa shape index (κ2) is 5.97. The van der Waals surface area contributed by atoms with Gasteiger partial charge in [-0.1, -0.05) is 44.5 Å². The predicted molar refractivity (Wildman–Crippen MR) is 84.0 cm³/mol. The summed E-state index contributed by atoms with van der Waals surface area (Å²) in [6.07, 6.45) is 0. The molecule has 0 aliphatic heterocycles. The molecule has 2 N–H and O–H groups in total. The second-order valence-electron chi connectivity index (χ2n) is 5.40. The van der Waals surface area contributed by atoms with Crippen LogP contribution in [0.5, 0.6) is 0 Å². The Balaban J connectivity index is 2.18. The third kappa shape index (κ3) is 3.84. The van der Waals surface area contributed by atoms with Crippen LogP contribution >= 0.6 is 23.4 Å². The van der Waals surface area contributed by atoms with E-state index in [1.165, 1.54) is 0 Å². The molecule has 0 fully saturated rings. The Morgan fingerprint density at radius 1 is 1.15 bits per heavy atom. The van der Waals surface area contributed by atoms with E-state index in [0.29, 0.717) is 17.4 Å². The van der Waals surface area contributed by atoms with Gasteiger partial charge in [-0.15, -0.1) is 11.8 Å². The lowest BCUT2D eigenvalue weighted by Crippen LogP contribution is -2.19. The van der Waals surface area contributed by atoms with Crippen LogP contribution in [0.2, 0.25) is 5.02 Å². The largest absolute Gasteiger partial charge is 0.368 e. The third-order valence-electron chi connectivity index (χ3n) is 2.56. The van der Waals surface area contributed by atoms with Crippen LogP contribution in [0.15, 0.2) is 29.2 Å². The number of nitrogens with two attached hydrogens (primary N) is 1.